The van der Waals surface area contributed by atoms with Crippen LogP contribution in [0.1, 0.15) is 105 Å². The average Bonchev–Trinajstić information content (AvgIpc) is 2.73. The van der Waals surface area contributed by atoms with E-state index in [-0.39, 0.29) is 44.7 Å². The number of rotatable bonds is 2. The van der Waals surface area contributed by atoms with Gasteiger partial charge in [0, 0.05) is 59.8 Å². The Morgan fingerprint density at radius 1 is 0.447 bits per heavy atom. The van der Waals surface area contributed by atoms with Crippen molar-refractivity contribution in [3.63, 3.8) is 0 Å². The molecule has 1 aliphatic rings. The summed E-state index contributed by atoms with van der Waals surface area (Å²) < 4.78 is 0. The molecule has 38 heavy (non-hydrogen) atoms. The first-order chi connectivity index (χ1) is 17.1. The number of benzene rings is 2. The van der Waals surface area contributed by atoms with Crippen LogP contribution in [0.4, 0.5) is 11.4 Å². The van der Waals surface area contributed by atoms with Crippen LogP contribution in [0.2, 0.25) is 0 Å². The summed E-state index contributed by atoms with van der Waals surface area (Å²) in [6, 6.07) is 4.10. The van der Waals surface area contributed by atoms with Crippen LogP contribution in [0.25, 0.3) is 0 Å². The van der Waals surface area contributed by atoms with Crippen LogP contribution < -0.4 is 9.80 Å². The van der Waals surface area contributed by atoms with Gasteiger partial charge in [0.2, 0.25) is 0 Å². The van der Waals surface area contributed by atoms with Crippen molar-refractivity contribution in [1.82, 2.24) is 0 Å². The standard InChI is InChI=1S/C32H50N2O4/c1-29(2,3)19-17-21(23(31(7,8)9)27(37)25(19)35)33-13-15-34(16-14-33)22-18-20(30(4,5)6)26(36)28(38)24(22)32(10,11)12/h17-18,35-38H,13-16H2,1-12H3. The lowest BCUT2D eigenvalue weighted by Gasteiger charge is -2.42. The molecular formula is C32H50N2O4. The van der Waals surface area contributed by atoms with Gasteiger partial charge in [-0.1, -0.05) is 83.1 Å². The molecule has 0 atom stereocenters. The van der Waals surface area contributed by atoms with Gasteiger partial charge < -0.3 is 30.2 Å². The quantitative estimate of drug-likeness (QED) is 0.314. The highest BCUT2D eigenvalue weighted by Gasteiger charge is 2.35. The number of hydrogen-bond acceptors (Lipinski definition) is 6. The number of nitrogens with zero attached hydrogens (tertiary/aromatic N) is 2. The SMILES string of the molecule is CC(C)(C)c1cc(N2CCN(c3cc(C(C)(C)C)c(O)c(O)c3C(C)(C)C)CC2)c(C(C)(C)C)c(O)c1O. The van der Waals surface area contributed by atoms with Crippen molar-refractivity contribution in [2.24, 2.45) is 0 Å². The zero-order valence-electron chi connectivity index (χ0n) is 25.7. The molecule has 212 valence electrons. The van der Waals surface area contributed by atoms with E-state index in [1.54, 1.807) is 0 Å². The number of hydrogen-bond donors (Lipinski definition) is 4. The van der Waals surface area contributed by atoms with E-state index in [2.05, 4.69) is 63.5 Å². The molecule has 1 heterocycles. The van der Waals surface area contributed by atoms with Crippen molar-refractivity contribution in [3.05, 3.63) is 34.4 Å². The van der Waals surface area contributed by atoms with Gasteiger partial charge in [0.25, 0.3) is 0 Å². The van der Waals surface area contributed by atoms with Crippen LogP contribution in [0.5, 0.6) is 23.0 Å². The molecule has 0 aromatic heterocycles. The summed E-state index contributed by atoms with van der Waals surface area (Å²) in [7, 11) is 0. The summed E-state index contributed by atoms with van der Waals surface area (Å²) in [6.45, 7) is 27.4. The lowest BCUT2D eigenvalue weighted by molar-refractivity contribution is 0.375. The first-order valence-electron chi connectivity index (χ1n) is 13.8. The Balaban J connectivity index is 2.09. The van der Waals surface area contributed by atoms with E-state index in [1.165, 1.54) is 0 Å². The highest BCUT2D eigenvalue weighted by Crippen LogP contribution is 2.50. The van der Waals surface area contributed by atoms with Crippen LogP contribution in [0.15, 0.2) is 12.1 Å². The van der Waals surface area contributed by atoms with Gasteiger partial charge >= 0.3 is 0 Å². The topological polar surface area (TPSA) is 87.4 Å². The molecule has 0 saturated carbocycles. The number of phenols is 4. The van der Waals surface area contributed by atoms with Crippen molar-refractivity contribution >= 4 is 11.4 Å². The summed E-state index contributed by atoms with van der Waals surface area (Å²) in [5.74, 6) is -0.130. The monoisotopic (exact) mass is 526 g/mol. The molecule has 1 aliphatic heterocycles. The van der Waals surface area contributed by atoms with Crippen LogP contribution in [-0.2, 0) is 21.7 Å². The van der Waals surface area contributed by atoms with Crippen LogP contribution in [0.3, 0.4) is 0 Å². The summed E-state index contributed by atoms with van der Waals surface area (Å²) in [5, 5.41) is 44.2. The van der Waals surface area contributed by atoms with Gasteiger partial charge in [0.1, 0.15) is 0 Å². The molecule has 0 amide bonds. The highest BCUT2D eigenvalue weighted by atomic mass is 16.3. The fraction of sp³-hybridized carbons (Fsp3) is 0.625. The van der Waals surface area contributed by atoms with Crippen molar-refractivity contribution in [2.75, 3.05) is 36.0 Å². The van der Waals surface area contributed by atoms with Gasteiger partial charge in [0.15, 0.2) is 23.0 Å². The second-order valence-corrected chi connectivity index (χ2v) is 15.0. The Morgan fingerprint density at radius 3 is 0.921 bits per heavy atom. The van der Waals surface area contributed by atoms with Crippen LogP contribution in [-0.4, -0.2) is 46.6 Å². The Labute approximate surface area is 229 Å². The molecule has 0 aliphatic carbocycles. The van der Waals surface area contributed by atoms with Crippen molar-refractivity contribution in [2.45, 2.75) is 105 Å². The maximum Gasteiger partial charge on any atom is 0.163 e. The molecule has 3 rings (SSSR count). The number of phenolic OH excluding ortho intramolecular Hbond substituents is 4. The lowest BCUT2D eigenvalue weighted by Crippen LogP contribution is -2.48. The summed E-state index contributed by atoms with van der Waals surface area (Å²) in [6.07, 6.45) is 0. The molecule has 1 fully saturated rings. The van der Waals surface area contributed by atoms with Gasteiger partial charge in [-0.25, -0.2) is 0 Å². The second kappa shape index (κ2) is 9.46. The summed E-state index contributed by atoms with van der Waals surface area (Å²) >= 11 is 0. The molecule has 6 nitrogen and oxygen atoms in total. The maximum atomic E-state index is 11.2. The highest BCUT2D eigenvalue weighted by molar-refractivity contribution is 5.72. The molecule has 4 N–H and O–H groups in total. The van der Waals surface area contributed by atoms with Crippen LogP contribution in [0, 0.1) is 0 Å². The molecule has 6 heteroatoms. The zero-order valence-corrected chi connectivity index (χ0v) is 25.7. The Morgan fingerprint density at radius 2 is 0.711 bits per heavy atom. The van der Waals surface area contributed by atoms with Gasteiger partial charge in [0.05, 0.1) is 0 Å². The normalized spacial score (nSPS) is 15.8. The van der Waals surface area contributed by atoms with Crippen molar-refractivity contribution in [3.8, 4) is 23.0 Å². The number of piperazine rings is 1. The average molecular weight is 527 g/mol. The van der Waals surface area contributed by atoms with Gasteiger partial charge in [-0.15, -0.1) is 0 Å². The molecule has 0 radical (unpaired) electrons. The van der Waals surface area contributed by atoms with Crippen molar-refractivity contribution < 1.29 is 20.4 Å². The molecule has 0 spiro atoms. The predicted octanol–water partition coefficient (Wildman–Crippen LogP) is 7.03. The first kappa shape index (κ1) is 29.8. The molecule has 1 saturated heterocycles. The fourth-order valence-electron chi connectivity index (χ4n) is 5.60. The van der Waals surface area contributed by atoms with Gasteiger partial charge in [-0.3, -0.25) is 0 Å². The minimum atomic E-state index is -0.367. The Kier molecular flexibility index (Phi) is 7.42. The minimum Gasteiger partial charge on any atom is -0.504 e. The van der Waals surface area contributed by atoms with Crippen LogP contribution >= 0.6 is 0 Å². The predicted molar refractivity (Wildman–Crippen MR) is 159 cm³/mol. The van der Waals surface area contributed by atoms with E-state index in [9.17, 15) is 20.4 Å². The van der Waals surface area contributed by atoms with E-state index in [1.807, 2.05) is 41.5 Å². The van der Waals surface area contributed by atoms with E-state index in [0.717, 1.165) is 33.6 Å². The summed E-state index contributed by atoms with van der Waals surface area (Å²) in [4.78, 5) is 4.60. The Hall–Kier alpha value is -2.76. The third kappa shape index (κ3) is 5.50. The largest absolute Gasteiger partial charge is 0.504 e. The van der Waals surface area contributed by atoms with E-state index in [4.69, 9.17) is 0 Å². The third-order valence-corrected chi connectivity index (χ3v) is 7.58. The molecule has 0 bridgehead atoms. The molecule has 0 unspecified atom stereocenters. The van der Waals surface area contributed by atoms with Gasteiger partial charge in [-0.2, -0.15) is 0 Å². The van der Waals surface area contributed by atoms with E-state index in [0.29, 0.717) is 26.2 Å². The van der Waals surface area contributed by atoms with Crippen molar-refractivity contribution in [1.29, 1.82) is 0 Å². The summed E-state index contributed by atoms with van der Waals surface area (Å²) in [5.41, 5.74) is 3.49. The van der Waals surface area contributed by atoms with E-state index < -0.39 is 0 Å². The zero-order chi connectivity index (χ0) is 29.2. The second-order valence-electron chi connectivity index (χ2n) is 15.0. The fourth-order valence-corrected chi connectivity index (χ4v) is 5.60. The molecule has 2 aromatic carbocycles. The third-order valence-electron chi connectivity index (χ3n) is 7.58. The first-order valence-corrected chi connectivity index (χ1v) is 13.8. The smallest absolute Gasteiger partial charge is 0.163 e. The van der Waals surface area contributed by atoms with Gasteiger partial charge in [-0.05, 0) is 33.8 Å². The minimum absolute atomic E-state index is 0.0318. The number of anilines is 2. The Bertz CT molecular complexity index is 1100. The maximum absolute atomic E-state index is 11.2. The van der Waals surface area contributed by atoms with E-state index >= 15 is 0 Å². The molecule has 2 aromatic rings. The molecular weight excluding hydrogens is 476 g/mol. The number of aromatic hydroxyl groups is 4. The lowest BCUT2D eigenvalue weighted by atomic mass is 9.79.